The molecule has 8 heteroatoms. The molecular weight excluding hydrogens is 444 g/mol. The summed E-state index contributed by atoms with van der Waals surface area (Å²) in [4.78, 5) is 26.5. The lowest BCUT2D eigenvalue weighted by Crippen LogP contribution is -2.22. The highest BCUT2D eigenvalue weighted by Crippen LogP contribution is 2.35. The number of nitrogens with one attached hydrogen (secondary N) is 1. The second-order valence-electron chi connectivity index (χ2n) is 7.82. The smallest absolute Gasteiger partial charge is 0.259 e. The van der Waals surface area contributed by atoms with Crippen LogP contribution >= 0.6 is 0 Å². The van der Waals surface area contributed by atoms with Crippen LogP contribution in [-0.2, 0) is 4.79 Å². The van der Waals surface area contributed by atoms with Gasteiger partial charge in [0.1, 0.15) is 17.2 Å². The fraction of sp³-hybridized carbons (Fsp3) is 0.148. The number of ether oxygens (including phenoxy) is 2. The molecule has 178 valence electrons. The number of aromatic nitrogens is 2. The SMILES string of the molecule is COc1ccc(-c2nn(-c3ccccc3)cc2C(=O)Nc2ccc(N(C)C(C)=O)cc2)c(OC)c1. The van der Waals surface area contributed by atoms with Crippen LogP contribution in [0.2, 0.25) is 0 Å². The van der Waals surface area contributed by atoms with Crippen molar-refractivity contribution in [2.45, 2.75) is 6.92 Å². The molecule has 0 fully saturated rings. The van der Waals surface area contributed by atoms with Crippen molar-refractivity contribution in [2.75, 3.05) is 31.5 Å². The lowest BCUT2D eigenvalue weighted by molar-refractivity contribution is -0.116. The molecule has 3 aromatic carbocycles. The Balaban J connectivity index is 1.73. The number of nitrogens with zero attached hydrogens (tertiary/aromatic N) is 3. The number of rotatable bonds is 7. The van der Waals surface area contributed by atoms with E-state index in [2.05, 4.69) is 5.32 Å². The molecule has 0 saturated heterocycles. The molecule has 0 radical (unpaired) electrons. The molecule has 0 saturated carbocycles. The van der Waals surface area contributed by atoms with E-state index in [1.54, 1.807) is 68.5 Å². The molecule has 1 heterocycles. The van der Waals surface area contributed by atoms with Gasteiger partial charge in [-0.1, -0.05) is 18.2 Å². The molecule has 0 bridgehead atoms. The Kier molecular flexibility index (Phi) is 6.82. The van der Waals surface area contributed by atoms with E-state index >= 15 is 0 Å². The Bertz CT molecular complexity index is 1350. The number of carbonyl (C=O) groups is 2. The second-order valence-corrected chi connectivity index (χ2v) is 7.82. The predicted octanol–water partition coefficient (Wildman–Crippen LogP) is 4.79. The first-order valence-electron chi connectivity index (χ1n) is 10.9. The summed E-state index contributed by atoms with van der Waals surface area (Å²) < 4.78 is 12.5. The summed E-state index contributed by atoms with van der Waals surface area (Å²) in [5, 5.41) is 7.65. The standard InChI is InChI=1S/C27H26N4O4/c1-18(32)30(2)20-12-10-19(11-13-20)28-27(33)24-17-31(21-8-6-5-7-9-21)29-26(24)23-15-14-22(34-3)16-25(23)35-4/h5-17H,1-4H3,(H,28,33). The van der Waals surface area contributed by atoms with E-state index in [9.17, 15) is 9.59 Å². The topological polar surface area (TPSA) is 85.7 Å². The van der Waals surface area contributed by atoms with Crippen molar-refractivity contribution in [2.24, 2.45) is 0 Å². The maximum atomic E-state index is 13.4. The molecule has 35 heavy (non-hydrogen) atoms. The van der Waals surface area contributed by atoms with Crippen LogP contribution in [0.4, 0.5) is 11.4 Å². The van der Waals surface area contributed by atoms with Gasteiger partial charge in [0.15, 0.2) is 0 Å². The summed E-state index contributed by atoms with van der Waals surface area (Å²) in [6, 6.07) is 22.0. The number of para-hydroxylation sites is 1. The zero-order chi connectivity index (χ0) is 24.9. The lowest BCUT2D eigenvalue weighted by atomic mass is 10.1. The summed E-state index contributed by atoms with van der Waals surface area (Å²) in [5.74, 6) is 0.768. The van der Waals surface area contributed by atoms with Gasteiger partial charge in [-0.3, -0.25) is 9.59 Å². The first kappa shape index (κ1) is 23.6. The first-order chi connectivity index (χ1) is 16.9. The summed E-state index contributed by atoms with van der Waals surface area (Å²) in [7, 11) is 4.84. The minimum Gasteiger partial charge on any atom is -0.497 e. The molecule has 8 nitrogen and oxygen atoms in total. The molecule has 0 aliphatic rings. The van der Waals surface area contributed by atoms with Crippen molar-refractivity contribution in [3.8, 4) is 28.4 Å². The van der Waals surface area contributed by atoms with Crippen molar-refractivity contribution >= 4 is 23.2 Å². The average Bonchev–Trinajstić information content (AvgIpc) is 3.34. The van der Waals surface area contributed by atoms with Gasteiger partial charge in [0.2, 0.25) is 5.91 Å². The number of carbonyl (C=O) groups excluding carboxylic acids is 2. The van der Waals surface area contributed by atoms with Crippen LogP contribution in [0.5, 0.6) is 11.5 Å². The zero-order valence-corrected chi connectivity index (χ0v) is 20.0. The van der Waals surface area contributed by atoms with Gasteiger partial charge in [0.05, 0.1) is 25.5 Å². The fourth-order valence-electron chi connectivity index (χ4n) is 3.59. The highest BCUT2D eigenvalue weighted by molar-refractivity contribution is 6.08. The predicted molar refractivity (Wildman–Crippen MR) is 136 cm³/mol. The molecule has 0 unspecified atom stereocenters. The van der Waals surface area contributed by atoms with E-state index in [4.69, 9.17) is 14.6 Å². The third kappa shape index (κ3) is 5.01. The molecule has 4 aromatic rings. The number of amides is 2. The number of benzene rings is 3. The van der Waals surface area contributed by atoms with Crippen LogP contribution in [0.3, 0.4) is 0 Å². The van der Waals surface area contributed by atoms with Crippen LogP contribution < -0.4 is 19.7 Å². The summed E-state index contributed by atoms with van der Waals surface area (Å²) in [5.41, 5.74) is 3.65. The van der Waals surface area contributed by atoms with Crippen LogP contribution in [0.25, 0.3) is 16.9 Å². The van der Waals surface area contributed by atoms with E-state index in [1.807, 2.05) is 36.4 Å². The lowest BCUT2D eigenvalue weighted by Gasteiger charge is -2.15. The molecule has 4 rings (SSSR count). The van der Waals surface area contributed by atoms with Crippen molar-refractivity contribution < 1.29 is 19.1 Å². The molecule has 1 aromatic heterocycles. The number of anilines is 2. The monoisotopic (exact) mass is 470 g/mol. The Morgan fingerprint density at radius 2 is 1.66 bits per heavy atom. The highest BCUT2D eigenvalue weighted by Gasteiger charge is 2.22. The van der Waals surface area contributed by atoms with Gasteiger partial charge in [-0.2, -0.15) is 5.10 Å². The van der Waals surface area contributed by atoms with Crippen LogP contribution in [0, 0.1) is 0 Å². The minimum atomic E-state index is -0.326. The van der Waals surface area contributed by atoms with E-state index in [0.717, 1.165) is 11.4 Å². The normalized spacial score (nSPS) is 10.5. The fourth-order valence-corrected chi connectivity index (χ4v) is 3.59. The molecule has 1 N–H and O–H groups in total. The molecule has 0 atom stereocenters. The maximum absolute atomic E-state index is 13.4. The quantitative estimate of drug-likeness (QED) is 0.420. The van der Waals surface area contributed by atoms with Gasteiger partial charge in [-0.15, -0.1) is 0 Å². The van der Waals surface area contributed by atoms with Gasteiger partial charge < -0.3 is 19.7 Å². The van der Waals surface area contributed by atoms with Crippen LogP contribution in [0.1, 0.15) is 17.3 Å². The van der Waals surface area contributed by atoms with Crippen LogP contribution in [0.15, 0.2) is 79.0 Å². The van der Waals surface area contributed by atoms with E-state index in [0.29, 0.717) is 34.0 Å². The molecule has 0 aliphatic heterocycles. The molecule has 0 aliphatic carbocycles. The van der Waals surface area contributed by atoms with E-state index in [-0.39, 0.29) is 11.8 Å². The Morgan fingerprint density at radius 1 is 0.943 bits per heavy atom. The number of methoxy groups -OCH3 is 2. The van der Waals surface area contributed by atoms with Gasteiger partial charge in [0, 0.05) is 43.2 Å². The Hall–Kier alpha value is -4.59. The molecular formula is C27H26N4O4. The van der Waals surface area contributed by atoms with Crippen molar-refractivity contribution in [3.05, 3.63) is 84.6 Å². The zero-order valence-electron chi connectivity index (χ0n) is 20.0. The highest BCUT2D eigenvalue weighted by atomic mass is 16.5. The van der Waals surface area contributed by atoms with Crippen molar-refractivity contribution in [3.63, 3.8) is 0 Å². The van der Waals surface area contributed by atoms with Gasteiger partial charge in [-0.25, -0.2) is 4.68 Å². The summed E-state index contributed by atoms with van der Waals surface area (Å²) in [6.07, 6.45) is 1.70. The molecule has 0 spiro atoms. The second kappa shape index (κ2) is 10.1. The van der Waals surface area contributed by atoms with E-state index in [1.165, 1.54) is 11.8 Å². The first-order valence-corrected chi connectivity index (χ1v) is 10.9. The molecule has 2 amide bonds. The minimum absolute atomic E-state index is 0.0757. The third-order valence-corrected chi connectivity index (χ3v) is 5.63. The Morgan fingerprint density at radius 3 is 2.29 bits per heavy atom. The summed E-state index contributed by atoms with van der Waals surface area (Å²) >= 11 is 0. The third-order valence-electron chi connectivity index (χ3n) is 5.63. The van der Waals surface area contributed by atoms with Crippen molar-refractivity contribution in [1.82, 2.24) is 9.78 Å². The Labute approximate surface area is 203 Å². The average molecular weight is 471 g/mol. The van der Waals surface area contributed by atoms with E-state index < -0.39 is 0 Å². The summed E-state index contributed by atoms with van der Waals surface area (Å²) in [6.45, 7) is 1.50. The van der Waals surface area contributed by atoms with Crippen LogP contribution in [-0.4, -0.2) is 42.9 Å². The largest absolute Gasteiger partial charge is 0.497 e. The number of hydrogen-bond acceptors (Lipinski definition) is 5. The van der Waals surface area contributed by atoms with Gasteiger partial charge in [-0.05, 0) is 48.5 Å². The maximum Gasteiger partial charge on any atom is 0.259 e. The van der Waals surface area contributed by atoms with Crippen molar-refractivity contribution in [1.29, 1.82) is 0 Å². The number of hydrogen-bond donors (Lipinski definition) is 1. The van der Waals surface area contributed by atoms with Gasteiger partial charge >= 0.3 is 0 Å². The van der Waals surface area contributed by atoms with Gasteiger partial charge in [0.25, 0.3) is 5.91 Å².